The van der Waals surface area contributed by atoms with Crippen LogP contribution in [-0.4, -0.2) is 45.5 Å². The second-order valence-electron chi connectivity index (χ2n) is 6.30. The lowest BCUT2D eigenvalue weighted by molar-refractivity contribution is -0.166. The van der Waals surface area contributed by atoms with E-state index in [0.29, 0.717) is 16.4 Å². The molecule has 1 amide bonds. The van der Waals surface area contributed by atoms with Gasteiger partial charge in [-0.3, -0.25) is 9.69 Å². The average molecular weight is 469 g/mol. The summed E-state index contributed by atoms with van der Waals surface area (Å²) in [6.45, 7) is 0.0896. The van der Waals surface area contributed by atoms with E-state index >= 15 is 0 Å². The number of benzene rings is 1. The number of hydrogen-bond acceptors (Lipinski definition) is 6. The molecule has 0 bridgehead atoms. The van der Waals surface area contributed by atoms with Gasteiger partial charge in [0.05, 0.1) is 12.0 Å². The minimum atomic E-state index is -1.01. The second kappa shape index (κ2) is 6.90. The molecule has 7 nitrogen and oxygen atoms in total. The molecule has 26 heavy (non-hydrogen) atoms. The molecule has 1 aromatic rings. The molecule has 3 aliphatic rings. The average Bonchev–Trinajstić information content (AvgIpc) is 3.17. The van der Waals surface area contributed by atoms with Gasteiger partial charge in [-0.1, -0.05) is 52.9 Å². The number of rotatable bonds is 4. The molecule has 2 unspecified atom stereocenters. The van der Waals surface area contributed by atoms with Gasteiger partial charge in [-0.2, -0.15) is 0 Å². The molecule has 8 heteroatoms. The second-order valence-corrected chi connectivity index (χ2v) is 7.18. The maximum absolute atomic E-state index is 12.7. The third-order valence-electron chi connectivity index (χ3n) is 4.61. The van der Waals surface area contributed by atoms with Crippen molar-refractivity contribution in [3.05, 3.63) is 47.2 Å². The predicted octanol–water partition coefficient (Wildman–Crippen LogP) is 1.69. The van der Waals surface area contributed by atoms with E-state index in [1.54, 1.807) is 0 Å². The van der Waals surface area contributed by atoms with Crippen LogP contribution in [0.5, 0.6) is 0 Å². The lowest BCUT2D eigenvalue weighted by Gasteiger charge is -2.33. The first-order valence-electron chi connectivity index (χ1n) is 8.27. The van der Waals surface area contributed by atoms with Gasteiger partial charge in [-0.15, -0.1) is 0 Å². The number of cyclic esters (lactones) is 1. The Bertz CT molecular complexity index is 792. The van der Waals surface area contributed by atoms with Gasteiger partial charge in [0.25, 0.3) is 0 Å². The number of carbonyl (C=O) groups is 3. The summed E-state index contributed by atoms with van der Waals surface area (Å²) in [6, 6.07) is 8.24. The first-order valence-corrected chi connectivity index (χ1v) is 9.79. The van der Waals surface area contributed by atoms with Crippen LogP contribution >= 0.6 is 22.6 Å². The molecule has 0 spiro atoms. The van der Waals surface area contributed by atoms with Crippen molar-refractivity contribution in [2.75, 3.05) is 4.43 Å². The van der Waals surface area contributed by atoms with E-state index in [1.165, 1.54) is 4.90 Å². The first kappa shape index (κ1) is 17.3. The number of ether oxygens (including phenoxy) is 3. The summed E-state index contributed by atoms with van der Waals surface area (Å²) < 4.78 is 17.1. The number of β-lactam (4-membered cyclic amide) rings is 1. The SMILES string of the molecule is O=C1OC(CI)C/C1=C1/O[C@@H]2CC(=O)N2C1C(=O)OCc1ccccc1. The molecule has 0 N–H and O–H groups in total. The molecular formula is C18H16INO6. The smallest absolute Gasteiger partial charge is 0.337 e. The number of carbonyl (C=O) groups excluding carboxylic acids is 3. The Morgan fingerprint density at radius 3 is 2.62 bits per heavy atom. The van der Waals surface area contributed by atoms with Crippen molar-refractivity contribution in [2.24, 2.45) is 0 Å². The van der Waals surface area contributed by atoms with Gasteiger partial charge in [0.1, 0.15) is 18.5 Å². The number of hydrogen-bond donors (Lipinski definition) is 0. The Labute approximate surface area is 163 Å². The molecular weight excluding hydrogens is 453 g/mol. The highest BCUT2D eigenvalue weighted by atomic mass is 127. The fraction of sp³-hybridized carbons (Fsp3) is 0.389. The van der Waals surface area contributed by atoms with E-state index < -0.39 is 24.2 Å². The Balaban J connectivity index is 1.57. The third-order valence-corrected chi connectivity index (χ3v) is 5.59. The molecule has 0 saturated carbocycles. The summed E-state index contributed by atoms with van der Waals surface area (Å²) in [5.41, 5.74) is 1.17. The minimum Gasteiger partial charge on any atom is -0.471 e. The number of esters is 2. The van der Waals surface area contributed by atoms with Crippen molar-refractivity contribution in [2.45, 2.75) is 37.8 Å². The zero-order valence-corrected chi connectivity index (χ0v) is 15.9. The van der Waals surface area contributed by atoms with E-state index in [0.717, 1.165) is 5.56 Å². The van der Waals surface area contributed by atoms with Gasteiger partial charge >= 0.3 is 11.9 Å². The predicted molar refractivity (Wildman–Crippen MR) is 96.8 cm³/mol. The Morgan fingerprint density at radius 1 is 1.19 bits per heavy atom. The number of nitrogens with zero attached hydrogens (tertiary/aromatic N) is 1. The monoisotopic (exact) mass is 469 g/mol. The van der Waals surface area contributed by atoms with Gasteiger partial charge in [-0.05, 0) is 5.56 Å². The highest BCUT2D eigenvalue weighted by molar-refractivity contribution is 14.1. The Hall–Kier alpha value is -2.10. The largest absolute Gasteiger partial charge is 0.471 e. The fourth-order valence-electron chi connectivity index (χ4n) is 3.27. The number of amides is 1. The van der Waals surface area contributed by atoms with Gasteiger partial charge in [0.2, 0.25) is 5.91 Å². The van der Waals surface area contributed by atoms with Gasteiger partial charge < -0.3 is 14.2 Å². The fourth-order valence-corrected chi connectivity index (χ4v) is 3.77. The van der Waals surface area contributed by atoms with Crippen molar-refractivity contribution in [3.63, 3.8) is 0 Å². The molecule has 0 aromatic heterocycles. The molecule has 4 rings (SSSR count). The van der Waals surface area contributed by atoms with Crippen molar-refractivity contribution >= 4 is 40.4 Å². The summed E-state index contributed by atoms with van der Waals surface area (Å²) in [4.78, 5) is 38.2. The maximum atomic E-state index is 12.7. The van der Waals surface area contributed by atoms with Crippen LogP contribution in [0.4, 0.5) is 0 Å². The lowest BCUT2D eigenvalue weighted by atomic mass is 10.0. The highest BCUT2D eigenvalue weighted by Crippen LogP contribution is 2.40. The number of halogens is 1. The van der Waals surface area contributed by atoms with Crippen molar-refractivity contribution in [1.82, 2.24) is 4.90 Å². The van der Waals surface area contributed by atoms with Crippen LogP contribution in [0.15, 0.2) is 41.7 Å². The van der Waals surface area contributed by atoms with Crippen LogP contribution < -0.4 is 0 Å². The zero-order valence-electron chi connectivity index (χ0n) is 13.7. The molecule has 3 aliphatic heterocycles. The van der Waals surface area contributed by atoms with Crippen LogP contribution in [-0.2, 0) is 35.2 Å². The van der Waals surface area contributed by atoms with Crippen LogP contribution in [0.3, 0.4) is 0 Å². The lowest BCUT2D eigenvalue weighted by Crippen LogP contribution is -2.55. The first-order chi connectivity index (χ1) is 12.6. The Kier molecular flexibility index (Phi) is 4.60. The molecule has 1 aromatic carbocycles. The summed E-state index contributed by atoms with van der Waals surface area (Å²) in [6.07, 6.45) is -0.178. The summed E-state index contributed by atoms with van der Waals surface area (Å²) in [5, 5.41) is 0. The quantitative estimate of drug-likeness (QED) is 0.220. The standard InChI is InChI=1S/C18H16INO6/c19-8-11-6-12(17(22)25-11)16-15(20-13(21)7-14(20)26-16)18(23)24-9-10-4-2-1-3-5-10/h1-5,11,14-15H,6-9H2/b16-12-/t11?,14-,15?/m1/s1. The molecule has 3 atom stereocenters. The van der Waals surface area contributed by atoms with Crippen molar-refractivity contribution in [3.8, 4) is 0 Å². The van der Waals surface area contributed by atoms with Crippen LogP contribution in [0.1, 0.15) is 18.4 Å². The van der Waals surface area contributed by atoms with Crippen LogP contribution in [0.25, 0.3) is 0 Å². The van der Waals surface area contributed by atoms with E-state index in [9.17, 15) is 14.4 Å². The van der Waals surface area contributed by atoms with Crippen molar-refractivity contribution in [1.29, 1.82) is 0 Å². The summed E-state index contributed by atoms with van der Waals surface area (Å²) in [7, 11) is 0. The molecule has 0 aliphatic carbocycles. The van der Waals surface area contributed by atoms with Crippen LogP contribution in [0, 0.1) is 0 Å². The zero-order chi connectivity index (χ0) is 18.3. The van der Waals surface area contributed by atoms with Gasteiger partial charge in [0.15, 0.2) is 12.3 Å². The summed E-state index contributed by atoms with van der Waals surface area (Å²) in [5.74, 6) is -1.07. The molecule has 3 fully saturated rings. The molecule has 3 saturated heterocycles. The number of fused-ring (bicyclic) bond motifs is 1. The normalized spacial score (nSPS) is 29.7. The van der Waals surface area contributed by atoms with Crippen LogP contribution in [0.2, 0.25) is 0 Å². The van der Waals surface area contributed by atoms with E-state index in [4.69, 9.17) is 14.2 Å². The molecule has 3 heterocycles. The van der Waals surface area contributed by atoms with Gasteiger partial charge in [0, 0.05) is 10.8 Å². The third kappa shape index (κ3) is 2.95. The highest BCUT2D eigenvalue weighted by Gasteiger charge is 2.56. The topological polar surface area (TPSA) is 82.1 Å². The minimum absolute atomic E-state index is 0.0896. The molecule has 136 valence electrons. The van der Waals surface area contributed by atoms with E-state index in [-0.39, 0.29) is 30.8 Å². The van der Waals surface area contributed by atoms with Gasteiger partial charge in [-0.25, -0.2) is 9.59 Å². The maximum Gasteiger partial charge on any atom is 0.337 e. The number of alkyl halides is 1. The van der Waals surface area contributed by atoms with E-state index in [1.807, 2.05) is 30.3 Å². The molecule has 0 radical (unpaired) electrons. The summed E-state index contributed by atoms with van der Waals surface area (Å²) >= 11 is 2.14. The van der Waals surface area contributed by atoms with E-state index in [2.05, 4.69) is 22.6 Å². The van der Waals surface area contributed by atoms with Crippen molar-refractivity contribution < 1.29 is 28.6 Å². The Morgan fingerprint density at radius 2 is 1.96 bits per heavy atom.